The van der Waals surface area contributed by atoms with E-state index in [2.05, 4.69) is 43.4 Å². The molecule has 0 bridgehead atoms. The molecule has 4 heteroatoms. The van der Waals surface area contributed by atoms with Gasteiger partial charge in [0, 0.05) is 26.3 Å². The van der Waals surface area contributed by atoms with E-state index >= 15 is 0 Å². The number of carbonyl (C=O) groups excluding carboxylic acids is 1. The maximum atomic E-state index is 11.8. The predicted molar refractivity (Wildman–Crippen MR) is 88.4 cm³/mol. The number of nitrogens with two attached hydrogens (primary N) is 1. The number of amides is 1. The lowest BCUT2D eigenvalue weighted by Crippen LogP contribution is -2.48. The Kier molecular flexibility index (Phi) is 5.98. The molecule has 0 radical (unpaired) electrons. The molecule has 4 nitrogen and oxygen atoms in total. The molecule has 122 valence electrons. The first-order valence-electron chi connectivity index (χ1n) is 8.18. The predicted octanol–water partition coefficient (Wildman–Crippen LogP) is 2.26. The average molecular weight is 304 g/mol. The first-order valence-corrected chi connectivity index (χ1v) is 8.18. The Hall–Kier alpha value is -1.39. The fourth-order valence-electron chi connectivity index (χ4n) is 2.98. The molecule has 1 heterocycles. The minimum atomic E-state index is -0.449. The maximum absolute atomic E-state index is 11.8. The summed E-state index contributed by atoms with van der Waals surface area (Å²) < 4.78 is 5.35. The first kappa shape index (κ1) is 17.0. The third kappa shape index (κ3) is 4.55. The second kappa shape index (κ2) is 7.75. The second-order valence-corrected chi connectivity index (χ2v) is 6.77. The Morgan fingerprint density at radius 2 is 1.82 bits per heavy atom. The van der Waals surface area contributed by atoms with Crippen LogP contribution in [0.4, 0.5) is 0 Å². The van der Waals surface area contributed by atoms with Crippen LogP contribution in [0.1, 0.15) is 37.8 Å². The van der Waals surface area contributed by atoms with Crippen molar-refractivity contribution in [3.05, 3.63) is 35.4 Å². The molecule has 1 aliphatic rings. The number of rotatable bonds is 7. The molecule has 1 aromatic rings. The lowest BCUT2D eigenvalue weighted by atomic mass is 9.79. The second-order valence-electron chi connectivity index (χ2n) is 6.77. The van der Waals surface area contributed by atoms with Crippen molar-refractivity contribution in [2.75, 3.05) is 19.8 Å². The summed E-state index contributed by atoms with van der Waals surface area (Å²) in [4.78, 5) is 11.8. The van der Waals surface area contributed by atoms with E-state index in [1.807, 2.05) is 0 Å². The van der Waals surface area contributed by atoms with E-state index in [0.29, 0.717) is 38.5 Å². The highest BCUT2D eigenvalue weighted by Gasteiger charge is 2.37. The van der Waals surface area contributed by atoms with E-state index in [-0.39, 0.29) is 5.91 Å². The van der Waals surface area contributed by atoms with Crippen LogP contribution in [0.3, 0.4) is 0 Å². The van der Waals surface area contributed by atoms with Gasteiger partial charge in [0.25, 0.3) is 0 Å². The molecule has 2 rings (SSSR count). The summed E-state index contributed by atoms with van der Waals surface area (Å²) in [5.41, 5.74) is 7.77. The van der Waals surface area contributed by atoms with Gasteiger partial charge < -0.3 is 15.8 Å². The van der Waals surface area contributed by atoms with Gasteiger partial charge in [-0.3, -0.25) is 4.79 Å². The largest absolute Gasteiger partial charge is 0.381 e. The van der Waals surface area contributed by atoms with Gasteiger partial charge in [0.15, 0.2) is 0 Å². The van der Waals surface area contributed by atoms with Gasteiger partial charge in [-0.2, -0.15) is 0 Å². The van der Waals surface area contributed by atoms with Crippen LogP contribution in [0.25, 0.3) is 0 Å². The summed E-state index contributed by atoms with van der Waals surface area (Å²) in [6.45, 7) is 7.08. The Labute approximate surface area is 133 Å². The van der Waals surface area contributed by atoms with E-state index in [4.69, 9.17) is 10.5 Å². The van der Waals surface area contributed by atoms with Crippen molar-refractivity contribution in [1.82, 2.24) is 5.32 Å². The van der Waals surface area contributed by atoms with Gasteiger partial charge in [-0.1, -0.05) is 38.1 Å². The van der Waals surface area contributed by atoms with Gasteiger partial charge in [-0.15, -0.1) is 0 Å². The molecule has 0 unspecified atom stereocenters. The minimum absolute atomic E-state index is 0.212. The van der Waals surface area contributed by atoms with Crippen LogP contribution in [0.15, 0.2) is 24.3 Å². The number of benzene rings is 1. The van der Waals surface area contributed by atoms with Crippen LogP contribution in [0, 0.1) is 11.3 Å². The summed E-state index contributed by atoms with van der Waals surface area (Å²) >= 11 is 0. The van der Waals surface area contributed by atoms with E-state index in [1.54, 1.807) is 0 Å². The smallest absolute Gasteiger partial charge is 0.225 e. The summed E-state index contributed by atoms with van der Waals surface area (Å²) in [5.74, 6) is 0.462. The third-order valence-electron chi connectivity index (χ3n) is 4.43. The van der Waals surface area contributed by atoms with E-state index in [1.165, 1.54) is 11.1 Å². The van der Waals surface area contributed by atoms with Crippen molar-refractivity contribution in [1.29, 1.82) is 0 Å². The van der Waals surface area contributed by atoms with Gasteiger partial charge in [0.1, 0.15) is 0 Å². The quantitative estimate of drug-likeness (QED) is 0.812. The fraction of sp³-hybridized carbons (Fsp3) is 0.611. The van der Waals surface area contributed by atoms with E-state index in [9.17, 15) is 4.79 Å². The molecule has 1 aliphatic heterocycles. The van der Waals surface area contributed by atoms with Crippen molar-refractivity contribution < 1.29 is 9.53 Å². The topological polar surface area (TPSA) is 64.3 Å². The van der Waals surface area contributed by atoms with Crippen molar-refractivity contribution in [2.24, 2.45) is 17.1 Å². The molecule has 22 heavy (non-hydrogen) atoms. The molecule has 3 N–H and O–H groups in total. The Bertz CT molecular complexity index is 476. The summed E-state index contributed by atoms with van der Waals surface area (Å²) in [7, 11) is 0. The Morgan fingerprint density at radius 1 is 1.23 bits per heavy atom. The third-order valence-corrected chi connectivity index (χ3v) is 4.43. The standard InChI is InChI=1S/C18H28N2O2/c1-14(2)11-15-3-5-16(6-4-15)12-20-13-18(17(19)21)7-9-22-10-8-18/h3-6,14,20H,7-13H2,1-2H3,(H2,19,21). The van der Waals surface area contributed by atoms with Crippen LogP contribution in [0.5, 0.6) is 0 Å². The van der Waals surface area contributed by atoms with Crippen LogP contribution in [0.2, 0.25) is 0 Å². The number of hydrogen-bond acceptors (Lipinski definition) is 3. The highest BCUT2D eigenvalue weighted by molar-refractivity contribution is 5.81. The van der Waals surface area contributed by atoms with Gasteiger partial charge in [-0.25, -0.2) is 0 Å². The molecule has 1 saturated heterocycles. The van der Waals surface area contributed by atoms with Crippen molar-refractivity contribution in [3.63, 3.8) is 0 Å². The van der Waals surface area contributed by atoms with Gasteiger partial charge >= 0.3 is 0 Å². The summed E-state index contributed by atoms with van der Waals surface area (Å²) in [5, 5.41) is 3.40. The van der Waals surface area contributed by atoms with Crippen LogP contribution < -0.4 is 11.1 Å². The van der Waals surface area contributed by atoms with Crippen molar-refractivity contribution in [3.8, 4) is 0 Å². The number of primary amides is 1. The Balaban J connectivity index is 1.85. The zero-order valence-corrected chi connectivity index (χ0v) is 13.7. The molecule has 1 aromatic carbocycles. The van der Waals surface area contributed by atoms with E-state index in [0.717, 1.165) is 13.0 Å². The maximum Gasteiger partial charge on any atom is 0.225 e. The molecular weight excluding hydrogens is 276 g/mol. The number of carbonyl (C=O) groups is 1. The van der Waals surface area contributed by atoms with E-state index < -0.39 is 5.41 Å². The minimum Gasteiger partial charge on any atom is -0.381 e. The molecule has 0 spiro atoms. The SMILES string of the molecule is CC(C)Cc1ccc(CNCC2(C(N)=O)CCOCC2)cc1. The summed E-state index contributed by atoms with van der Waals surface area (Å²) in [6, 6.07) is 8.70. The fourth-order valence-corrected chi connectivity index (χ4v) is 2.98. The van der Waals surface area contributed by atoms with Crippen LogP contribution in [-0.2, 0) is 22.5 Å². The number of nitrogens with one attached hydrogen (secondary N) is 1. The monoisotopic (exact) mass is 304 g/mol. The lowest BCUT2D eigenvalue weighted by molar-refractivity contribution is -0.132. The highest BCUT2D eigenvalue weighted by atomic mass is 16.5. The number of hydrogen-bond donors (Lipinski definition) is 2. The zero-order chi connectivity index (χ0) is 16.0. The lowest BCUT2D eigenvalue weighted by Gasteiger charge is -2.34. The summed E-state index contributed by atoms with van der Waals surface area (Å²) in [6.07, 6.45) is 2.53. The molecule has 0 atom stereocenters. The molecular formula is C18H28N2O2. The highest BCUT2D eigenvalue weighted by Crippen LogP contribution is 2.29. The van der Waals surface area contributed by atoms with Crippen LogP contribution in [-0.4, -0.2) is 25.7 Å². The van der Waals surface area contributed by atoms with Crippen molar-refractivity contribution >= 4 is 5.91 Å². The van der Waals surface area contributed by atoms with Crippen molar-refractivity contribution in [2.45, 2.75) is 39.7 Å². The Morgan fingerprint density at radius 3 is 2.36 bits per heavy atom. The van der Waals surface area contributed by atoms with Gasteiger partial charge in [-0.05, 0) is 36.3 Å². The molecule has 1 amide bonds. The zero-order valence-electron chi connectivity index (χ0n) is 13.7. The molecule has 0 saturated carbocycles. The molecule has 1 fully saturated rings. The average Bonchev–Trinajstić information content (AvgIpc) is 2.49. The molecule has 0 aromatic heterocycles. The normalized spacial score (nSPS) is 17.6. The van der Waals surface area contributed by atoms with Gasteiger partial charge in [0.2, 0.25) is 5.91 Å². The first-order chi connectivity index (χ1) is 10.5. The molecule has 0 aliphatic carbocycles. The van der Waals surface area contributed by atoms with Gasteiger partial charge in [0.05, 0.1) is 5.41 Å². The number of ether oxygens (including phenoxy) is 1. The van der Waals surface area contributed by atoms with Crippen LogP contribution >= 0.6 is 0 Å².